The van der Waals surface area contributed by atoms with Crippen LogP contribution in [0.2, 0.25) is 0 Å². The first-order valence-corrected chi connectivity index (χ1v) is 11.3. The molecule has 0 fully saturated rings. The molecule has 3 aromatic rings. The topological polar surface area (TPSA) is 89.9 Å². The number of nitrogens with two attached hydrogens (primary N) is 1. The number of hydrogen-bond donors (Lipinski definition) is 1. The van der Waals surface area contributed by atoms with Gasteiger partial charge in [0.2, 0.25) is 0 Å². The van der Waals surface area contributed by atoms with E-state index in [-0.39, 0.29) is 29.8 Å². The molecule has 158 valence electrons. The van der Waals surface area contributed by atoms with Gasteiger partial charge in [-0.05, 0) is 11.8 Å². The van der Waals surface area contributed by atoms with Crippen molar-refractivity contribution in [2.24, 2.45) is 17.6 Å². The number of aromatic nitrogens is 4. The fourth-order valence-corrected chi connectivity index (χ4v) is 4.75. The Labute approximate surface area is 181 Å². The zero-order valence-electron chi connectivity index (χ0n) is 17.8. The minimum atomic E-state index is -0.157. The summed E-state index contributed by atoms with van der Waals surface area (Å²) in [5, 5.41) is 7.34. The van der Waals surface area contributed by atoms with E-state index in [0.717, 1.165) is 16.4 Å². The van der Waals surface area contributed by atoms with E-state index in [1.165, 1.54) is 11.3 Å². The quantitative estimate of drug-likeness (QED) is 0.671. The average Bonchev–Trinajstić information content (AvgIpc) is 3.39. The Morgan fingerprint density at radius 1 is 1.13 bits per heavy atom. The summed E-state index contributed by atoms with van der Waals surface area (Å²) in [4.78, 5) is 24.7. The zero-order chi connectivity index (χ0) is 21.4. The van der Waals surface area contributed by atoms with Gasteiger partial charge < -0.3 is 10.6 Å². The molecule has 0 bridgehead atoms. The van der Waals surface area contributed by atoms with Crippen LogP contribution in [0.5, 0.6) is 0 Å². The number of thiazole rings is 1. The van der Waals surface area contributed by atoms with Crippen molar-refractivity contribution >= 4 is 17.2 Å². The van der Waals surface area contributed by atoms with Crippen LogP contribution in [0, 0.1) is 11.8 Å². The molecule has 1 aliphatic heterocycles. The summed E-state index contributed by atoms with van der Waals surface area (Å²) in [7, 11) is 0. The molecule has 0 unspecified atom stereocenters. The van der Waals surface area contributed by atoms with Crippen molar-refractivity contribution in [1.82, 2.24) is 24.6 Å². The third-order valence-corrected chi connectivity index (χ3v) is 6.47. The van der Waals surface area contributed by atoms with Crippen LogP contribution in [-0.2, 0) is 6.54 Å². The van der Waals surface area contributed by atoms with Crippen molar-refractivity contribution < 1.29 is 4.79 Å². The Morgan fingerprint density at radius 2 is 1.87 bits per heavy atom. The SMILES string of the molecule is CC(C)[C@H](N)c1nc(C(=O)N2CCn3nc(-c4ccccc4)nc3[C@@H]2C(C)C)cs1. The van der Waals surface area contributed by atoms with Gasteiger partial charge in [-0.25, -0.2) is 14.6 Å². The molecule has 7 nitrogen and oxygen atoms in total. The zero-order valence-corrected chi connectivity index (χ0v) is 18.6. The highest BCUT2D eigenvalue weighted by Gasteiger charge is 2.37. The summed E-state index contributed by atoms with van der Waals surface area (Å²) in [6, 6.07) is 9.63. The highest BCUT2D eigenvalue weighted by molar-refractivity contribution is 7.09. The van der Waals surface area contributed by atoms with Crippen molar-refractivity contribution in [3.63, 3.8) is 0 Å². The second-order valence-electron chi connectivity index (χ2n) is 8.41. The van der Waals surface area contributed by atoms with E-state index in [1.807, 2.05) is 45.3 Å². The Morgan fingerprint density at radius 3 is 2.53 bits per heavy atom. The molecule has 0 aliphatic carbocycles. The van der Waals surface area contributed by atoms with Gasteiger partial charge in [-0.3, -0.25) is 4.79 Å². The minimum absolute atomic E-state index is 0.0670. The predicted octanol–water partition coefficient (Wildman–Crippen LogP) is 3.91. The molecule has 1 aliphatic rings. The Kier molecular flexibility index (Phi) is 5.71. The summed E-state index contributed by atoms with van der Waals surface area (Å²) in [6.45, 7) is 9.54. The lowest BCUT2D eigenvalue weighted by molar-refractivity contribution is 0.0531. The monoisotopic (exact) mass is 424 g/mol. The van der Waals surface area contributed by atoms with E-state index in [4.69, 9.17) is 15.8 Å². The molecule has 1 amide bonds. The van der Waals surface area contributed by atoms with E-state index in [2.05, 4.69) is 32.7 Å². The van der Waals surface area contributed by atoms with Gasteiger partial charge >= 0.3 is 0 Å². The number of fused-ring (bicyclic) bond motifs is 1. The molecule has 2 aromatic heterocycles. The van der Waals surface area contributed by atoms with Gasteiger partial charge in [-0.2, -0.15) is 5.10 Å². The first-order chi connectivity index (χ1) is 14.4. The lowest BCUT2D eigenvalue weighted by Crippen LogP contribution is -2.44. The normalized spacial score (nSPS) is 17.4. The minimum Gasteiger partial charge on any atom is -0.325 e. The van der Waals surface area contributed by atoms with Crippen molar-refractivity contribution in [3.05, 3.63) is 52.2 Å². The van der Waals surface area contributed by atoms with E-state index in [1.54, 1.807) is 0 Å². The molecular formula is C22H28N6OS. The summed E-state index contributed by atoms with van der Waals surface area (Å²) < 4.78 is 1.94. The van der Waals surface area contributed by atoms with Crippen LogP contribution < -0.4 is 5.73 Å². The van der Waals surface area contributed by atoms with Gasteiger partial charge in [0, 0.05) is 17.5 Å². The van der Waals surface area contributed by atoms with Gasteiger partial charge in [0.15, 0.2) is 11.6 Å². The van der Waals surface area contributed by atoms with Gasteiger partial charge in [0.1, 0.15) is 10.7 Å². The molecule has 0 saturated heterocycles. The maximum absolute atomic E-state index is 13.4. The van der Waals surface area contributed by atoms with Crippen LogP contribution in [0.4, 0.5) is 0 Å². The smallest absolute Gasteiger partial charge is 0.274 e. The lowest BCUT2D eigenvalue weighted by atomic mass is 9.99. The van der Waals surface area contributed by atoms with Crippen molar-refractivity contribution in [1.29, 1.82) is 0 Å². The van der Waals surface area contributed by atoms with Gasteiger partial charge in [0.25, 0.3) is 5.91 Å². The van der Waals surface area contributed by atoms with E-state index < -0.39 is 0 Å². The van der Waals surface area contributed by atoms with Crippen LogP contribution >= 0.6 is 11.3 Å². The fourth-order valence-electron chi connectivity index (χ4n) is 3.79. The molecule has 8 heteroatoms. The Balaban J connectivity index is 1.64. The number of carbonyl (C=O) groups is 1. The van der Waals surface area contributed by atoms with Gasteiger partial charge in [0.05, 0.1) is 18.6 Å². The van der Waals surface area contributed by atoms with E-state index >= 15 is 0 Å². The average molecular weight is 425 g/mol. The largest absolute Gasteiger partial charge is 0.325 e. The molecule has 2 atom stereocenters. The number of nitrogens with zero attached hydrogens (tertiary/aromatic N) is 5. The summed E-state index contributed by atoms with van der Waals surface area (Å²) in [5.41, 5.74) is 7.67. The second-order valence-corrected chi connectivity index (χ2v) is 9.30. The molecular weight excluding hydrogens is 396 g/mol. The molecule has 2 N–H and O–H groups in total. The van der Waals surface area contributed by atoms with E-state index in [0.29, 0.717) is 24.6 Å². The maximum atomic E-state index is 13.4. The third kappa shape index (κ3) is 3.77. The number of hydrogen-bond acceptors (Lipinski definition) is 6. The number of amides is 1. The molecule has 0 radical (unpaired) electrons. The van der Waals surface area contributed by atoms with E-state index in [9.17, 15) is 4.79 Å². The van der Waals surface area contributed by atoms with Crippen molar-refractivity contribution in [3.8, 4) is 11.4 Å². The number of carbonyl (C=O) groups excluding carboxylic acids is 1. The fraction of sp³-hybridized carbons (Fsp3) is 0.455. The molecule has 30 heavy (non-hydrogen) atoms. The van der Waals surface area contributed by atoms with Crippen LogP contribution in [-0.4, -0.2) is 37.1 Å². The summed E-state index contributed by atoms with van der Waals surface area (Å²) in [6.07, 6.45) is 0. The highest BCUT2D eigenvalue weighted by atomic mass is 32.1. The number of rotatable bonds is 5. The predicted molar refractivity (Wildman–Crippen MR) is 118 cm³/mol. The van der Waals surface area contributed by atoms with Crippen LogP contribution in [0.3, 0.4) is 0 Å². The maximum Gasteiger partial charge on any atom is 0.274 e. The first-order valence-electron chi connectivity index (χ1n) is 10.4. The first kappa shape index (κ1) is 20.7. The van der Waals surface area contributed by atoms with Crippen LogP contribution in [0.1, 0.15) is 61.1 Å². The standard InChI is InChI=1S/C22H28N6OS/c1-13(2)17(23)21-24-16(12-30-21)22(29)27-10-11-28-20(18(27)14(3)4)25-19(26-28)15-8-6-5-7-9-15/h5-9,12-14,17-18H,10-11,23H2,1-4H3/t17-,18-/m0/s1. The van der Waals surface area contributed by atoms with Gasteiger partial charge in [-0.15, -0.1) is 11.3 Å². The number of benzene rings is 1. The molecule has 0 spiro atoms. The van der Waals surface area contributed by atoms with Crippen LogP contribution in [0.15, 0.2) is 35.7 Å². The van der Waals surface area contributed by atoms with Crippen molar-refractivity contribution in [2.75, 3.05) is 6.54 Å². The highest BCUT2D eigenvalue weighted by Crippen LogP contribution is 2.34. The van der Waals surface area contributed by atoms with Gasteiger partial charge in [-0.1, -0.05) is 58.0 Å². The molecule has 4 rings (SSSR count). The van der Waals surface area contributed by atoms with Crippen molar-refractivity contribution in [2.45, 2.75) is 46.3 Å². The van der Waals surface area contributed by atoms with Crippen LogP contribution in [0.25, 0.3) is 11.4 Å². The Bertz CT molecular complexity index is 1030. The third-order valence-electron chi connectivity index (χ3n) is 5.52. The molecule has 1 aromatic carbocycles. The molecule has 3 heterocycles. The molecule has 0 saturated carbocycles. The summed E-state index contributed by atoms with van der Waals surface area (Å²) >= 11 is 1.46. The lowest BCUT2D eigenvalue weighted by Gasteiger charge is -2.37. The summed E-state index contributed by atoms with van der Waals surface area (Å²) in [5.74, 6) is 1.93. The second kappa shape index (κ2) is 8.28. The Hall–Kier alpha value is -2.58.